The first-order chi connectivity index (χ1) is 7.11. The second-order valence-electron chi connectivity index (χ2n) is 5.21. The second-order valence-corrected chi connectivity index (χ2v) is 5.21. The average Bonchev–Trinajstić information content (AvgIpc) is 2.64. The maximum atomic E-state index is 9.64. The lowest BCUT2D eigenvalue weighted by Crippen LogP contribution is -2.38. The fourth-order valence-electron chi connectivity index (χ4n) is 2.11. The van der Waals surface area contributed by atoms with Gasteiger partial charge in [-0.1, -0.05) is 20.3 Å². The molecule has 3 heteroatoms. The smallest absolute Gasteiger partial charge is 0.0580 e. The average molecular weight is 215 g/mol. The lowest BCUT2D eigenvalue weighted by molar-refractivity contribution is 0.115. The third kappa shape index (κ3) is 3.74. The zero-order valence-corrected chi connectivity index (χ0v) is 10.00. The van der Waals surface area contributed by atoms with Crippen LogP contribution in [0.5, 0.6) is 0 Å². The van der Waals surface area contributed by atoms with Gasteiger partial charge in [0.1, 0.15) is 0 Å². The standard InChI is InChI=1S/C12H25NO2/c1-3-12(2,9-14)8-13-7-10-5-4-6-11(10)15/h10-11,13-15H,3-9H2,1-2H3. The number of nitrogens with one attached hydrogen (secondary N) is 1. The summed E-state index contributed by atoms with van der Waals surface area (Å²) < 4.78 is 0. The number of hydrogen-bond donors (Lipinski definition) is 3. The Balaban J connectivity index is 2.20. The fourth-order valence-corrected chi connectivity index (χ4v) is 2.11. The van der Waals surface area contributed by atoms with Gasteiger partial charge in [0, 0.05) is 25.1 Å². The van der Waals surface area contributed by atoms with Gasteiger partial charge in [-0.3, -0.25) is 0 Å². The summed E-state index contributed by atoms with van der Waals surface area (Å²) in [6.07, 6.45) is 4.11. The Hall–Kier alpha value is -0.120. The van der Waals surface area contributed by atoms with Crippen LogP contribution in [0.2, 0.25) is 0 Å². The van der Waals surface area contributed by atoms with Crippen LogP contribution in [0.15, 0.2) is 0 Å². The van der Waals surface area contributed by atoms with Crippen LogP contribution in [0.1, 0.15) is 39.5 Å². The summed E-state index contributed by atoms with van der Waals surface area (Å²) in [5, 5.41) is 22.3. The second kappa shape index (κ2) is 5.83. The molecule has 1 aliphatic carbocycles. The van der Waals surface area contributed by atoms with Crippen molar-refractivity contribution in [1.29, 1.82) is 0 Å². The topological polar surface area (TPSA) is 52.5 Å². The normalized spacial score (nSPS) is 30.4. The molecule has 3 atom stereocenters. The maximum Gasteiger partial charge on any atom is 0.0580 e. The van der Waals surface area contributed by atoms with Crippen LogP contribution in [-0.2, 0) is 0 Å². The highest BCUT2D eigenvalue weighted by Crippen LogP contribution is 2.25. The van der Waals surface area contributed by atoms with E-state index in [4.69, 9.17) is 0 Å². The van der Waals surface area contributed by atoms with Crippen molar-refractivity contribution in [3.05, 3.63) is 0 Å². The number of hydrogen-bond acceptors (Lipinski definition) is 3. The molecule has 0 aromatic rings. The monoisotopic (exact) mass is 215 g/mol. The Kier molecular flexibility index (Phi) is 5.03. The molecule has 1 saturated carbocycles. The fraction of sp³-hybridized carbons (Fsp3) is 1.00. The summed E-state index contributed by atoms with van der Waals surface area (Å²) in [4.78, 5) is 0. The lowest BCUT2D eigenvalue weighted by Gasteiger charge is -2.27. The third-order valence-corrected chi connectivity index (χ3v) is 3.81. The predicted octanol–water partition coefficient (Wildman–Crippen LogP) is 1.15. The van der Waals surface area contributed by atoms with Gasteiger partial charge in [-0.25, -0.2) is 0 Å². The first-order valence-corrected chi connectivity index (χ1v) is 6.11. The van der Waals surface area contributed by atoms with Crippen LogP contribution in [0.25, 0.3) is 0 Å². The van der Waals surface area contributed by atoms with E-state index in [0.717, 1.165) is 38.8 Å². The highest BCUT2D eigenvalue weighted by Gasteiger charge is 2.26. The highest BCUT2D eigenvalue weighted by atomic mass is 16.3. The molecule has 3 N–H and O–H groups in total. The van der Waals surface area contributed by atoms with Gasteiger partial charge >= 0.3 is 0 Å². The lowest BCUT2D eigenvalue weighted by atomic mass is 9.88. The summed E-state index contributed by atoms with van der Waals surface area (Å²) in [6, 6.07) is 0. The zero-order chi connectivity index (χ0) is 11.3. The van der Waals surface area contributed by atoms with E-state index in [-0.39, 0.29) is 18.1 Å². The van der Waals surface area contributed by atoms with Crippen molar-refractivity contribution in [2.45, 2.75) is 45.6 Å². The van der Waals surface area contributed by atoms with Crippen molar-refractivity contribution < 1.29 is 10.2 Å². The van der Waals surface area contributed by atoms with Gasteiger partial charge in [0.05, 0.1) is 6.10 Å². The number of aliphatic hydroxyl groups is 2. The van der Waals surface area contributed by atoms with Crippen molar-refractivity contribution in [3.8, 4) is 0 Å². The van der Waals surface area contributed by atoms with Crippen molar-refractivity contribution >= 4 is 0 Å². The number of aliphatic hydroxyl groups excluding tert-OH is 2. The van der Waals surface area contributed by atoms with Crippen LogP contribution < -0.4 is 5.32 Å². The van der Waals surface area contributed by atoms with E-state index in [1.807, 2.05) is 0 Å². The summed E-state index contributed by atoms with van der Waals surface area (Å²) in [5.74, 6) is 0.421. The quantitative estimate of drug-likeness (QED) is 0.623. The van der Waals surface area contributed by atoms with Crippen molar-refractivity contribution in [2.24, 2.45) is 11.3 Å². The van der Waals surface area contributed by atoms with Crippen molar-refractivity contribution in [2.75, 3.05) is 19.7 Å². The zero-order valence-electron chi connectivity index (χ0n) is 10.00. The van der Waals surface area contributed by atoms with Crippen LogP contribution in [-0.4, -0.2) is 36.0 Å². The Morgan fingerprint density at radius 1 is 1.40 bits per heavy atom. The summed E-state index contributed by atoms with van der Waals surface area (Å²) in [7, 11) is 0. The van der Waals surface area contributed by atoms with E-state index in [0.29, 0.717) is 5.92 Å². The third-order valence-electron chi connectivity index (χ3n) is 3.81. The molecule has 0 saturated heterocycles. The minimum absolute atomic E-state index is 0.0104. The molecule has 15 heavy (non-hydrogen) atoms. The molecule has 0 heterocycles. The Bertz CT molecular complexity index is 180. The minimum atomic E-state index is -0.112. The molecular formula is C12H25NO2. The number of rotatable bonds is 6. The molecular weight excluding hydrogens is 190 g/mol. The van der Waals surface area contributed by atoms with Gasteiger partial charge < -0.3 is 15.5 Å². The molecule has 1 fully saturated rings. The van der Waals surface area contributed by atoms with Crippen molar-refractivity contribution in [1.82, 2.24) is 5.32 Å². The molecule has 0 amide bonds. The SMILES string of the molecule is CCC(C)(CO)CNCC1CCCC1O. The van der Waals surface area contributed by atoms with Gasteiger partial charge in [0.25, 0.3) is 0 Å². The predicted molar refractivity (Wildman–Crippen MR) is 61.7 cm³/mol. The Labute approximate surface area is 92.9 Å². The molecule has 0 spiro atoms. The summed E-state index contributed by atoms with van der Waals surface area (Å²) in [6.45, 7) is 6.14. The van der Waals surface area contributed by atoms with Crippen LogP contribution in [0, 0.1) is 11.3 Å². The molecule has 3 nitrogen and oxygen atoms in total. The molecule has 0 aromatic carbocycles. The minimum Gasteiger partial charge on any atom is -0.396 e. The molecule has 0 bridgehead atoms. The molecule has 3 unspecified atom stereocenters. The Morgan fingerprint density at radius 3 is 2.60 bits per heavy atom. The maximum absolute atomic E-state index is 9.64. The molecule has 0 radical (unpaired) electrons. The first kappa shape index (κ1) is 12.9. The van der Waals surface area contributed by atoms with Gasteiger partial charge in [-0.15, -0.1) is 0 Å². The largest absolute Gasteiger partial charge is 0.396 e. The molecule has 90 valence electrons. The van der Waals surface area contributed by atoms with Crippen LogP contribution in [0.4, 0.5) is 0 Å². The molecule has 0 aromatic heterocycles. The molecule has 1 aliphatic rings. The van der Waals surface area contributed by atoms with E-state index in [2.05, 4.69) is 19.2 Å². The van der Waals surface area contributed by atoms with Crippen LogP contribution in [0.3, 0.4) is 0 Å². The van der Waals surface area contributed by atoms with E-state index in [1.165, 1.54) is 0 Å². The van der Waals surface area contributed by atoms with Gasteiger partial charge in [-0.05, 0) is 25.2 Å². The Morgan fingerprint density at radius 2 is 2.13 bits per heavy atom. The van der Waals surface area contributed by atoms with E-state index >= 15 is 0 Å². The summed E-state index contributed by atoms with van der Waals surface area (Å²) >= 11 is 0. The van der Waals surface area contributed by atoms with Gasteiger partial charge in [-0.2, -0.15) is 0 Å². The highest BCUT2D eigenvalue weighted by molar-refractivity contribution is 4.80. The van der Waals surface area contributed by atoms with Gasteiger partial charge in [0.15, 0.2) is 0 Å². The first-order valence-electron chi connectivity index (χ1n) is 6.11. The summed E-state index contributed by atoms with van der Waals surface area (Å²) in [5.41, 5.74) is -0.0104. The van der Waals surface area contributed by atoms with Crippen LogP contribution >= 0.6 is 0 Å². The van der Waals surface area contributed by atoms with Gasteiger partial charge in [0.2, 0.25) is 0 Å². The van der Waals surface area contributed by atoms with E-state index < -0.39 is 0 Å². The van der Waals surface area contributed by atoms with E-state index in [9.17, 15) is 10.2 Å². The van der Waals surface area contributed by atoms with E-state index in [1.54, 1.807) is 0 Å². The molecule has 1 rings (SSSR count). The molecule has 0 aliphatic heterocycles. The van der Waals surface area contributed by atoms with Crippen molar-refractivity contribution in [3.63, 3.8) is 0 Å².